The Bertz CT molecular complexity index is 165. The van der Waals surface area contributed by atoms with Crippen LogP contribution in [0.1, 0.15) is 90.9 Å². The minimum absolute atomic E-state index is 0.536. The van der Waals surface area contributed by atoms with Gasteiger partial charge in [0.25, 0.3) is 0 Å². The molecule has 0 atom stereocenters. The van der Waals surface area contributed by atoms with Gasteiger partial charge in [-0.05, 0) is 13.3 Å². The lowest BCUT2D eigenvalue weighted by molar-refractivity contribution is -0.338. The zero-order valence-corrected chi connectivity index (χ0v) is 13.2. The second-order valence-electron chi connectivity index (χ2n) is 5.38. The molecule has 0 saturated carbocycles. The largest absolute Gasteiger partial charge is 0.290 e. The Morgan fingerprint density at radius 2 is 1.11 bits per heavy atom. The van der Waals surface area contributed by atoms with E-state index in [1.807, 2.05) is 6.92 Å². The Hall–Kier alpha value is -0.120. The molecule has 0 aliphatic carbocycles. The van der Waals surface area contributed by atoms with E-state index in [1.165, 1.54) is 70.6 Å². The highest BCUT2D eigenvalue weighted by molar-refractivity contribution is 4.48. The van der Waals surface area contributed by atoms with E-state index in [0.29, 0.717) is 13.2 Å². The summed E-state index contributed by atoms with van der Waals surface area (Å²) >= 11 is 0. The molecule has 3 nitrogen and oxygen atoms in total. The third kappa shape index (κ3) is 15.8. The molecule has 0 radical (unpaired) electrons. The predicted molar refractivity (Wildman–Crippen MR) is 81.2 cm³/mol. The lowest BCUT2D eigenvalue weighted by Gasteiger charge is -2.12. The molecule has 19 heavy (non-hydrogen) atoms. The molecule has 0 heterocycles. The minimum atomic E-state index is 0.536. The Morgan fingerprint density at radius 3 is 1.53 bits per heavy atom. The van der Waals surface area contributed by atoms with Crippen molar-refractivity contribution in [2.24, 2.45) is 0 Å². The maximum absolute atomic E-state index is 9.22. The van der Waals surface area contributed by atoms with Crippen LogP contribution < -0.4 is 0 Å². The van der Waals surface area contributed by atoms with Gasteiger partial charge in [0.2, 0.25) is 0 Å². The van der Waals surface area contributed by atoms with Gasteiger partial charge in [-0.25, -0.2) is 0 Å². The third-order valence-corrected chi connectivity index (χ3v) is 3.48. The van der Waals surface area contributed by atoms with Crippen LogP contribution in [0.5, 0.6) is 0 Å². The van der Waals surface area contributed by atoms with Crippen LogP contribution in [0.25, 0.3) is 0 Å². The first kappa shape index (κ1) is 18.9. The fraction of sp³-hybridized carbons (Fsp3) is 1.00. The molecule has 0 spiro atoms. The Kier molecular flexibility index (Phi) is 15.8. The lowest BCUT2D eigenvalue weighted by atomic mass is 10.1. The maximum atomic E-state index is 9.22. The fourth-order valence-electron chi connectivity index (χ4n) is 2.30. The van der Waals surface area contributed by atoms with Crippen LogP contribution in [0.3, 0.4) is 0 Å². The molecule has 0 aliphatic heterocycles. The number of unbranched alkanes of at least 4 members (excludes halogenated alkanes) is 11. The molecule has 0 saturated heterocycles. The molecule has 0 fully saturated rings. The number of hydrogen-bond donors (Lipinski definition) is 1. The molecule has 0 aromatic heterocycles. The second kappa shape index (κ2) is 15.9. The molecule has 1 N–H and O–H groups in total. The van der Waals surface area contributed by atoms with Crippen molar-refractivity contribution in [2.45, 2.75) is 90.9 Å². The summed E-state index contributed by atoms with van der Waals surface area (Å²) in [6.45, 7) is 5.32. The fourth-order valence-corrected chi connectivity index (χ4v) is 2.30. The number of hydrogen-bond acceptors (Lipinski definition) is 3. The van der Waals surface area contributed by atoms with Gasteiger partial charge in [0.15, 0.2) is 0 Å². The molecule has 116 valence electrons. The van der Waals surface area contributed by atoms with Crippen molar-refractivity contribution in [3.05, 3.63) is 0 Å². The van der Waals surface area contributed by atoms with E-state index in [-0.39, 0.29) is 0 Å². The zero-order valence-electron chi connectivity index (χ0n) is 13.2. The van der Waals surface area contributed by atoms with Crippen molar-refractivity contribution < 1.29 is 10.0 Å². The first-order valence-electron chi connectivity index (χ1n) is 8.40. The van der Waals surface area contributed by atoms with Crippen LogP contribution in [0.4, 0.5) is 0 Å². The van der Waals surface area contributed by atoms with Gasteiger partial charge in [0, 0.05) is 0 Å². The second-order valence-corrected chi connectivity index (χ2v) is 5.38. The van der Waals surface area contributed by atoms with Crippen LogP contribution in [0.15, 0.2) is 0 Å². The number of hydroxylamine groups is 2. The normalized spacial score (nSPS) is 11.4. The number of nitrogens with zero attached hydrogens (tertiary/aromatic N) is 1. The van der Waals surface area contributed by atoms with E-state index in [0.717, 1.165) is 11.6 Å². The van der Waals surface area contributed by atoms with Gasteiger partial charge < -0.3 is 0 Å². The molecular formula is C16H35NO2. The van der Waals surface area contributed by atoms with Crippen LogP contribution in [0.2, 0.25) is 0 Å². The summed E-state index contributed by atoms with van der Waals surface area (Å²) in [4.78, 5) is 4.93. The predicted octanol–water partition coefficient (Wildman–Crippen LogP) is 5.33. The summed E-state index contributed by atoms with van der Waals surface area (Å²) in [5.41, 5.74) is 0. The highest BCUT2D eigenvalue weighted by Crippen LogP contribution is 2.11. The van der Waals surface area contributed by atoms with Gasteiger partial charge >= 0.3 is 0 Å². The zero-order chi connectivity index (χ0) is 14.2. The Morgan fingerprint density at radius 1 is 0.684 bits per heavy atom. The summed E-state index contributed by atoms with van der Waals surface area (Å²) in [6.07, 6.45) is 16.1. The summed E-state index contributed by atoms with van der Waals surface area (Å²) < 4.78 is 0. The van der Waals surface area contributed by atoms with Crippen molar-refractivity contribution in [2.75, 3.05) is 13.2 Å². The first-order valence-corrected chi connectivity index (χ1v) is 8.40. The van der Waals surface area contributed by atoms with E-state index in [2.05, 4.69) is 6.92 Å². The quantitative estimate of drug-likeness (QED) is 0.323. The molecule has 0 aromatic rings. The lowest BCUT2D eigenvalue weighted by Crippen LogP contribution is -2.20. The van der Waals surface area contributed by atoms with E-state index in [1.54, 1.807) is 0 Å². The molecule has 0 amide bonds. The van der Waals surface area contributed by atoms with E-state index >= 15 is 0 Å². The van der Waals surface area contributed by atoms with Crippen LogP contribution >= 0.6 is 0 Å². The summed E-state index contributed by atoms with van der Waals surface area (Å²) in [5.74, 6) is 0. The van der Waals surface area contributed by atoms with Crippen molar-refractivity contribution in [1.82, 2.24) is 5.23 Å². The molecule has 0 aromatic carbocycles. The van der Waals surface area contributed by atoms with Gasteiger partial charge in [0.05, 0.1) is 13.2 Å². The van der Waals surface area contributed by atoms with Gasteiger partial charge in [-0.1, -0.05) is 82.8 Å². The molecule has 3 heteroatoms. The smallest absolute Gasteiger partial charge is 0.0683 e. The summed E-state index contributed by atoms with van der Waals surface area (Å²) in [5, 5.41) is 10.2. The van der Waals surface area contributed by atoms with Crippen LogP contribution in [-0.4, -0.2) is 23.6 Å². The molecular weight excluding hydrogens is 238 g/mol. The van der Waals surface area contributed by atoms with Crippen molar-refractivity contribution in [3.8, 4) is 0 Å². The third-order valence-electron chi connectivity index (χ3n) is 3.48. The van der Waals surface area contributed by atoms with Crippen molar-refractivity contribution in [1.29, 1.82) is 0 Å². The van der Waals surface area contributed by atoms with E-state index in [4.69, 9.17) is 4.84 Å². The SMILES string of the molecule is CCCCCCCCCCCCCCN(O)OCC. The number of rotatable bonds is 15. The minimum Gasteiger partial charge on any atom is -0.290 e. The molecule has 0 unspecified atom stereocenters. The van der Waals surface area contributed by atoms with Gasteiger partial charge in [0.1, 0.15) is 0 Å². The topological polar surface area (TPSA) is 32.7 Å². The first-order chi connectivity index (χ1) is 9.31. The Labute approximate surface area is 120 Å². The molecule has 0 rings (SSSR count). The van der Waals surface area contributed by atoms with Crippen LogP contribution in [-0.2, 0) is 4.84 Å². The summed E-state index contributed by atoms with van der Waals surface area (Å²) in [6, 6.07) is 0. The average molecular weight is 273 g/mol. The van der Waals surface area contributed by atoms with Crippen molar-refractivity contribution >= 4 is 0 Å². The van der Waals surface area contributed by atoms with Gasteiger partial charge in [-0.15, -0.1) is 0 Å². The Balaban J connectivity index is 2.99. The van der Waals surface area contributed by atoms with E-state index in [9.17, 15) is 5.21 Å². The summed E-state index contributed by atoms with van der Waals surface area (Å²) in [7, 11) is 0. The highest BCUT2D eigenvalue weighted by atomic mass is 16.9. The van der Waals surface area contributed by atoms with Gasteiger partial charge in [-0.2, -0.15) is 0 Å². The maximum Gasteiger partial charge on any atom is 0.0683 e. The van der Waals surface area contributed by atoms with E-state index < -0.39 is 0 Å². The molecule has 0 aliphatic rings. The van der Waals surface area contributed by atoms with Crippen molar-refractivity contribution in [3.63, 3.8) is 0 Å². The average Bonchev–Trinajstić information content (AvgIpc) is 2.40. The molecule has 0 bridgehead atoms. The van der Waals surface area contributed by atoms with Crippen LogP contribution in [0, 0.1) is 0 Å². The monoisotopic (exact) mass is 273 g/mol. The van der Waals surface area contributed by atoms with Gasteiger partial charge in [-0.3, -0.25) is 10.0 Å². The highest BCUT2D eigenvalue weighted by Gasteiger charge is 1.98. The standard InChI is InChI=1S/C16H35NO2/c1-3-5-6-7-8-9-10-11-12-13-14-15-16-17(18)19-4-2/h18H,3-16H2,1-2H3.